The van der Waals surface area contributed by atoms with Gasteiger partial charge in [0.05, 0.1) is 0 Å². The predicted molar refractivity (Wildman–Crippen MR) is 89.8 cm³/mol. The lowest BCUT2D eigenvalue weighted by Gasteiger charge is -2.17. The van der Waals surface area contributed by atoms with Crippen molar-refractivity contribution in [1.82, 2.24) is 0 Å². The topological polar surface area (TPSA) is 0 Å². The van der Waals surface area contributed by atoms with E-state index in [0.29, 0.717) is 0 Å². The molecule has 0 aliphatic heterocycles. The van der Waals surface area contributed by atoms with Crippen LogP contribution in [0.1, 0.15) is 83.1 Å². The summed E-state index contributed by atoms with van der Waals surface area (Å²) in [5, 5.41) is 0. The highest BCUT2D eigenvalue weighted by Gasteiger charge is 2.11. The standard InChI is InChI=1S/C18H29Br/c1-3-5-7-9-12-16(11-8-6-4-2)17-13-10-14-18(19)15-17/h10,13-16H,3-9,11-12H2,1-2H3. The number of hydrogen-bond donors (Lipinski definition) is 0. The molecule has 1 rings (SSSR count). The zero-order chi connectivity index (χ0) is 13.9. The highest BCUT2D eigenvalue weighted by molar-refractivity contribution is 9.10. The number of hydrogen-bond acceptors (Lipinski definition) is 0. The summed E-state index contributed by atoms with van der Waals surface area (Å²) >= 11 is 3.61. The molecule has 108 valence electrons. The molecule has 1 atom stereocenters. The minimum absolute atomic E-state index is 0.765. The lowest BCUT2D eigenvalue weighted by Crippen LogP contribution is -2.00. The summed E-state index contributed by atoms with van der Waals surface area (Å²) in [6, 6.07) is 8.93. The fourth-order valence-corrected chi connectivity index (χ4v) is 3.11. The first-order valence-corrected chi connectivity index (χ1v) is 8.82. The Labute approximate surface area is 128 Å². The SMILES string of the molecule is CCCCCCC(CCCCC)c1cccc(Br)c1. The van der Waals surface area contributed by atoms with Crippen LogP contribution in [-0.4, -0.2) is 0 Å². The van der Waals surface area contributed by atoms with E-state index in [2.05, 4.69) is 54.0 Å². The molecule has 19 heavy (non-hydrogen) atoms. The Hall–Kier alpha value is -0.300. The lowest BCUT2D eigenvalue weighted by atomic mass is 9.88. The summed E-state index contributed by atoms with van der Waals surface area (Å²) in [5.74, 6) is 0.765. The van der Waals surface area contributed by atoms with E-state index < -0.39 is 0 Å². The van der Waals surface area contributed by atoms with Gasteiger partial charge in [-0.25, -0.2) is 0 Å². The second-order valence-corrected chi connectivity index (χ2v) is 6.51. The normalized spacial score (nSPS) is 12.6. The Kier molecular flexibility index (Phi) is 9.24. The lowest BCUT2D eigenvalue weighted by molar-refractivity contribution is 0.501. The molecule has 0 saturated carbocycles. The summed E-state index contributed by atoms with van der Waals surface area (Å²) in [6.45, 7) is 4.57. The summed E-state index contributed by atoms with van der Waals surface area (Å²) in [7, 11) is 0. The van der Waals surface area contributed by atoms with Crippen molar-refractivity contribution in [1.29, 1.82) is 0 Å². The number of rotatable bonds is 10. The molecule has 1 heteroatoms. The largest absolute Gasteiger partial charge is 0.0654 e. The molecule has 0 nitrogen and oxygen atoms in total. The number of unbranched alkanes of at least 4 members (excludes halogenated alkanes) is 5. The van der Waals surface area contributed by atoms with Crippen LogP contribution < -0.4 is 0 Å². The molecule has 0 spiro atoms. The van der Waals surface area contributed by atoms with Crippen molar-refractivity contribution in [2.24, 2.45) is 0 Å². The van der Waals surface area contributed by atoms with Gasteiger partial charge in [-0.15, -0.1) is 0 Å². The maximum atomic E-state index is 3.61. The third-order valence-electron chi connectivity index (χ3n) is 3.88. The molecule has 0 fully saturated rings. The summed E-state index contributed by atoms with van der Waals surface area (Å²) in [6.07, 6.45) is 12.3. The van der Waals surface area contributed by atoms with Gasteiger partial charge in [0.1, 0.15) is 0 Å². The molecule has 1 aromatic rings. The minimum Gasteiger partial charge on any atom is -0.0654 e. The Morgan fingerprint density at radius 1 is 0.895 bits per heavy atom. The molecule has 0 radical (unpaired) electrons. The Balaban J connectivity index is 2.52. The van der Waals surface area contributed by atoms with Gasteiger partial charge < -0.3 is 0 Å². The van der Waals surface area contributed by atoms with Crippen LogP contribution in [0.5, 0.6) is 0 Å². The van der Waals surface area contributed by atoms with Gasteiger partial charge in [0.25, 0.3) is 0 Å². The Morgan fingerprint density at radius 2 is 1.53 bits per heavy atom. The number of halogens is 1. The average molecular weight is 325 g/mol. The molecule has 0 aliphatic carbocycles. The molecule has 1 unspecified atom stereocenters. The minimum atomic E-state index is 0.765. The molecule has 0 aromatic heterocycles. The summed E-state index contributed by atoms with van der Waals surface area (Å²) in [4.78, 5) is 0. The first-order valence-electron chi connectivity index (χ1n) is 8.03. The van der Waals surface area contributed by atoms with Crippen LogP contribution in [0.2, 0.25) is 0 Å². The van der Waals surface area contributed by atoms with E-state index >= 15 is 0 Å². The highest BCUT2D eigenvalue weighted by atomic mass is 79.9. The van der Waals surface area contributed by atoms with Gasteiger partial charge in [0.15, 0.2) is 0 Å². The number of benzene rings is 1. The van der Waals surface area contributed by atoms with Gasteiger partial charge in [-0.2, -0.15) is 0 Å². The van der Waals surface area contributed by atoms with Crippen molar-refractivity contribution < 1.29 is 0 Å². The van der Waals surface area contributed by atoms with Crippen LogP contribution in [0.25, 0.3) is 0 Å². The first-order chi connectivity index (χ1) is 9.27. The van der Waals surface area contributed by atoms with Crippen LogP contribution in [0.3, 0.4) is 0 Å². The van der Waals surface area contributed by atoms with Gasteiger partial charge in [0, 0.05) is 4.47 Å². The van der Waals surface area contributed by atoms with E-state index in [4.69, 9.17) is 0 Å². The molecular weight excluding hydrogens is 296 g/mol. The monoisotopic (exact) mass is 324 g/mol. The van der Waals surface area contributed by atoms with Crippen LogP contribution in [-0.2, 0) is 0 Å². The maximum Gasteiger partial charge on any atom is 0.0178 e. The molecular formula is C18H29Br. The molecule has 0 bridgehead atoms. The van der Waals surface area contributed by atoms with Gasteiger partial charge in [-0.1, -0.05) is 86.9 Å². The van der Waals surface area contributed by atoms with E-state index in [1.54, 1.807) is 0 Å². The molecule has 1 aromatic carbocycles. The fourth-order valence-electron chi connectivity index (χ4n) is 2.70. The maximum absolute atomic E-state index is 3.61. The Bertz CT molecular complexity index is 332. The van der Waals surface area contributed by atoms with Crippen molar-refractivity contribution in [2.75, 3.05) is 0 Å². The van der Waals surface area contributed by atoms with Crippen LogP contribution in [0.4, 0.5) is 0 Å². The zero-order valence-corrected chi connectivity index (χ0v) is 14.2. The molecule has 0 aliphatic rings. The predicted octanol–water partition coefficient (Wildman–Crippen LogP) is 7.08. The zero-order valence-electron chi connectivity index (χ0n) is 12.6. The van der Waals surface area contributed by atoms with E-state index in [1.165, 1.54) is 67.8 Å². The third-order valence-corrected chi connectivity index (χ3v) is 4.38. The highest BCUT2D eigenvalue weighted by Crippen LogP contribution is 2.29. The van der Waals surface area contributed by atoms with E-state index in [9.17, 15) is 0 Å². The van der Waals surface area contributed by atoms with Crippen molar-refractivity contribution in [2.45, 2.75) is 77.6 Å². The summed E-state index contributed by atoms with van der Waals surface area (Å²) < 4.78 is 1.22. The molecule has 0 heterocycles. The molecule has 0 amide bonds. The van der Waals surface area contributed by atoms with Crippen molar-refractivity contribution in [3.8, 4) is 0 Å². The van der Waals surface area contributed by atoms with Crippen molar-refractivity contribution in [3.05, 3.63) is 34.3 Å². The van der Waals surface area contributed by atoms with Crippen molar-refractivity contribution in [3.63, 3.8) is 0 Å². The molecule has 0 N–H and O–H groups in total. The summed E-state index contributed by atoms with van der Waals surface area (Å²) in [5.41, 5.74) is 1.53. The third kappa shape index (κ3) is 7.15. The van der Waals surface area contributed by atoms with Gasteiger partial charge in [-0.3, -0.25) is 0 Å². The quantitative estimate of drug-likeness (QED) is 0.403. The van der Waals surface area contributed by atoms with Crippen LogP contribution in [0, 0.1) is 0 Å². The average Bonchev–Trinajstić information content (AvgIpc) is 2.41. The van der Waals surface area contributed by atoms with Gasteiger partial charge in [0.2, 0.25) is 0 Å². The van der Waals surface area contributed by atoms with Crippen LogP contribution >= 0.6 is 15.9 Å². The first kappa shape index (κ1) is 16.8. The second kappa shape index (κ2) is 10.5. The van der Waals surface area contributed by atoms with Crippen molar-refractivity contribution >= 4 is 15.9 Å². The second-order valence-electron chi connectivity index (χ2n) is 5.60. The van der Waals surface area contributed by atoms with E-state index in [1.807, 2.05) is 0 Å². The van der Waals surface area contributed by atoms with E-state index in [-0.39, 0.29) is 0 Å². The van der Waals surface area contributed by atoms with Crippen LogP contribution in [0.15, 0.2) is 28.7 Å². The fraction of sp³-hybridized carbons (Fsp3) is 0.667. The van der Waals surface area contributed by atoms with Gasteiger partial charge >= 0.3 is 0 Å². The smallest absolute Gasteiger partial charge is 0.0178 e. The van der Waals surface area contributed by atoms with E-state index in [0.717, 1.165) is 5.92 Å². The Morgan fingerprint density at radius 3 is 2.16 bits per heavy atom. The molecule has 0 saturated heterocycles. The van der Waals surface area contributed by atoms with Gasteiger partial charge in [-0.05, 0) is 36.5 Å².